The summed E-state index contributed by atoms with van der Waals surface area (Å²) in [5.74, 6) is -0.390. The van der Waals surface area contributed by atoms with Crippen molar-refractivity contribution in [3.05, 3.63) is 0 Å². The normalized spacial score (nSPS) is 11.4. The number of ether oxygens (including phenoxy) is 1. The van der Waals surface area contributed by atoms with Gasteiger partial charge in [-0.15, -0.1) is 13.2 Å². The Morgan fingerprint density at radius 1 is 1.42 bits per heavy atom. The van der Waals surface area contributed by atoms with Crippen molar-refractivity contribution in [1.82, 2.24) is 4.90 Å². The van der Waals surface area contributed by atoms with Gasteiger partial charge in [0, 0.05) is 14.1 Å². The van der Waals surface area contributed by atoms with Crippen LogP contribution >= 0.6 is 0 Å². The van der Waals surface area contributed by atoms with Gasteiger partial charge in [-0.1, -0.05) is 0 Å². The van der Waals surface area contributed by atoms with Gasteiger partial charge in [-0.05, 0) is 0 Å². The van der Waals surface area contributed by atoms with Gasteiger partial charge in [-0.2, -0.15) is 0 Å². The number of hydrogen-bond donors (Lipinski definition) is 0. The third kappa shape index (κ3) is 5.96. The average molecular weight is 185 g/mol. The quantitative estimate of drug-likeness (QED) is 0.656. The second kappa shape index (κ2) is 4.30. The number of amides is 1. The predicted molar refractivity (Wildman–Crippen MR) is 35.3 cm³/mol. The molecule has 0 rings (SSSR count). The zero-order valence-electron chi connectivity index (χ0n) is 6.81. The van der Waals surface area contributed by atoms with Gasteiger partial charge in [-0.3, -0.25) is 9.53 Å². The molecule has 72 valence electrons. The minimum Gasteiger partial charge on any atom is -0.349 e. The summed E-state index contributed by atoms with van der Waals surface area (Å²) in [5, 5.41) is 0. The largest absolute Gasteiger partial charge is 0.522 e. The average Bonchev–Trinajstić information content (AvgIpc) is 1.84. The molecule has 0 saturated heterocycles. The topological polar surface area (TPSA) is 29.5 Å². The molecule has 0 spiro atoms. The van der Waals surface area contributed by atoms with Gasteiger partial charge >= 0.3 is 6.36 Å². The van der Waals surface area contributed by atoms with E-state index >= 15 is 0 Å². The molecule has 0 aliphatic carbocycles. The first-order valence-electron chi connectivity index (χ1n) is 3.24. The van der Waals surface area contributed by atoms with Crippen molar-refractivity contribution < 1.29 is 22.7 Å². The molecule has 0 N–H and O–H groups in total. The summed E-state index contributed by atoms with van der Waals surface area (Å²) in [5.41, 5.74) is 0. The van der Waals surface area contributed by atoms with Crippen LogP contribution in [-0.2, 0) is 9.53 Å². The van der Waals surface area contributed by atoms with Crippen LogP contribution in [0.15, 0.2) is 0 Å². The van der Waals surface area contributed by atoms with Crippen molar-refractivity contribution in [2.75, 3.05) is 20.7 Å². The molecular weight excluding hydrogens is 175 g/mol. The molecule has 0 fully saturated rings. The van der Waals surface area contributed by atoms with E-state index in [9.17, 15) is 18.0 Å². The summed E-state index contributed by atoms with van der Waals surface area (Å²) >= 11 is 0. The van der Waals surface area contributed by atoms with Crippen LogP contribution in [0, 0.1) is 0 Å². The number of carbonyl (C=O) groups excluding carboxylic acids is 1. The lowest BCUT2D eigenvalue weighted by Gasteiger charge is -2.10. The molecule has 0 unspecified atom stereocenters. The monoisotopic (exact) mass is 185 g/mol. The maximum Gasteiger partial charge on any atom is 0.522 e. The highest BCUT2D eigenvalue weighted by Gasteiger charge is 2.28. The van der Waals surface area contributed by atoms with Crippen molar-refractivity contribution in [2.45, 2.75) is 12.8 Å². The first-order chi connectivity index (χ1) is 5.33. The summed E-state index contributed by atoms with van der Waals surface area (Å²) in [6.45, 7) is -0.624. The Kier molecular flexibility index (Phi) is 4.02. The van der Waals surface area contributed by atoms with Gasteiger partial charge in [-0.25, -0.2) is 0 Å². The van der Waals surface area contributed by atoms with E-state index in [2.05, 4.69) is 4.74 Å². The van der Waals surface area contributed by atoms with E-state index < -0.39 is 13.0 Å². The SMILES string of the molecule is CN(C)C(=O)CCOC(F)(F)F. The van der Waals surface area contributed by atoms with Gasteiger partial charge in [0.25, 0.3) is 0 Å². The predicted octanol–water partition coefficient (Wildman–Crippen LogP) is 1.00. The van der Waals surface area contributed by atoms with Crippen LogP contribution in [0.2, 0.25) is 0 Å². The van der Waals surface area contributed by atoms with E-state index in [1.165, 1.54) is 19.0 Å². The zero-order chi connectivity index (χ0) is 9.78. The molecule has 6 heteroatoms. The Morgan fingerprint density at radius 3 is 2.25 bits per heavy atom. The molecular formula is C6H10F3NO2. The van der Waals surface area contributed by atoms with Crippen molar-refractivity contribution in [2.24, 2.45) is 0 Å². The maximum absolute atomic E-state index is 11.4. The molecule has 1 amide bonds. The lowest BCUT2D eigenvalue weighted by atomic mass is 10.4. The summed E-state index contributed by atoms with van der Waals surface area (Å²) in [6.07, 6.45) is -4.90. The second-order valence-electron chi connectivity index (χ2n) is 2.33. The fraction of sp³-hybridized carbons (Fsp3) is 0.833. The molecule has 0 aromatic carbocycles. The van der Waals surface area contributed by atoms with Gasteiger partial charge < -0.3 is 4.90 Å². The second-order valence-corrected chi connectivity index (χ2v) is 2.33. The van der Waals surface area contributed by atoms with Crippen LogP contribution in [0.5, 0.6) is 0 Å². The van der Waals surface area contributed by atoms with Gasteiger partial charge in [0.05, 0.1) is 13.0 Å². The van der Waals surface area contributed by atoms with Crippen molar-refractivity contribution in [3.63, 3.8) is 0 Å². The highest BCUT2D eigenvalue weighted by atomic mass is 19.4. The number of nitrogens with zero attached hydrogens (tertiary/aromatic N) is 1. The minimum atomic E-state index is -4.65. The molecule has 0 radical (unpaired) electrons. The zero-order valence-corrected chi connectivity index (χ0v) is 6.81. The highest BCUT2D eigenvalue weighted by molar-refractivity contribution is 5.75. The summed E-state index contributed by atoms with van der Waals surface area (Å²) < 4.78 is 37.5. The Balaban J connectivity index is 3.51. The standard InChI is InChI=1S/C6H10F3NO2/c1-10(2)5(11)3-4-12-6(7,8)9/h3-4H2,1-2H3. The number of hydrogen-bond acceptors (Lipinski definition) is 2. The molecule has 0 atom stereocenters. The summed E-state index contributed by atoms with van der Waals surface area (Å²) in [4.78, 5) is 11.9. The van der Waals surface area contributed by atoms with Crippen LogP contribution in [0.3, 0.4) is 0 Å². The van der Waals surface area contributed by atoms with E-state index in [-0.39, 0.29) is 12.3 Å². The molecule has 0 aliphatic heterocycles. The van der Waals surface area contributed by atoms with Crippen LogP contribution in [0.25, 0.3) is 0 Å². The Hall–Kier alpha value is -0.780. The van der Waals surface area contributed by atoms with Crippen molar-refractivity contribution >= 4 is 5.91 Å². The van der Waals surface area contributed by atoms with E-state index in [0.29, 0.717) is 0 Å². The fourth-order valence-corrected chi connectivity index (χ4v) is 0.478. The lowest BCUT2D eigenvalue weighted by molar-refractivity contribution is -0.324. The first kappa shape index (κ1) is 11.2. The Bertz CT molecular complexity index is 155. The van der Waals surface area contributed by atoms with Crippen molar-refractivity contribution in [1.29, 1.82) is 0 Å². The third-order valence-corrected chi connectivity index (χ3v) is 1.08. The van der Waals surface area contributed by atoms with E-state index in [1.807, 2.05) is 0 Å². The minimum absolute atomic E-state index is 0.257. The van der Waals surface area contributed by atoms with Crippen LogP contribution < -0.4 is 0 Å². The molecule has 0 aromatic rings. The fourth-order valence-electron chi connectivity index (χ4n) is 0.478. The molecule has 12 heavy (non-hydrogen) atoms. The number of halogens is 3. The Morgan fingerprint density at radius 2 is 1.92 bits per heavy atom. The van der Waals surface area contributed by atoms with E-state index in [0.717, 1.165) is 0 Å². The molecule has 0 saturated carbocycles. The number of carbonyl (C=O) groups is 1. The molecule has 3 nitrogen and oxygen atoms in total. The lowest BCUT2D eigenvalue weighted by Crippen LogP contribution is -2.24. The van der Waals surface area contributed by atoms with E-state index in [1.54, 1.807) is 0 Å². The van der Waals surface area contributed by atoms with E-state index in [4.69, 9.17) is 0 Å². The van der Waals surface area contributed by atoms with Crippen LogP contribution in [-0.4, -0.2) is 37.9 Å². The first-order valence-corrected chi connectivity index (χ1v) is 3.24. The van der Waals surface area contributed by atoms with Gasteiger partial charge in [0.15, 0.2) is 0 Å². The summed E-state index contributed by atoms with van der Waals surface area (Å²) in [6, 6.07) is 0. The molecule has 0 aromatic heterocycles. The van der Waals surface area contributed by atoms with Crippen molar-refractivity contribution in [3.8, 4) is 0 Å². The number of rotatable bonds is 3. The van der Waals surface area contributed by atoms with Crippen LogP contribution in [0.4, 0.5) is 13.2 Å². The Labute approximate surface area is 68.1 Å². The molecule has 0 heterocycles. The molecule has 0 aliphatic rings. The number of alkyl halides is 3. The molecule has 0 bridgehead atoms. The van der Waals surface area contributed by atoms with Gasteiger partial charge in [0.2, 0.25) is 5.91 Å². The smallest absolute Gasteiger partial charge is 0.349 e. The van der Waals surface area contributed by atoms with Crippen LogP contribution in [0.1, 0.15) is 6.42 Å². The maximum atomic E-state index is 11.4. The summed E-state index contributed by atoms with van der Waals surface area (Å²) in [7, 11) is 2.94. The third-order valence-electron chi connectivity index (χ3n) is 1.08. The van der Waals surface area contributed by atoms with Gasteiger partial charge in [0.1, 0.15) is 0 Å². The highest BCUT2D eigenvalue weighted by Crippen LogP contribution is 2.16.